The summed E-state index contributed by atoms with van der Waals surface area (Å²) in [6.45, 7) is 0. The molecule has 1 amide bonds. The van der Waals surface area contributed by atoms with Crippen LogP contribution < -0.4 is 14.8 Å². The van der Waals surface area contributed by atoms with E-state index in [1.165, 1.54) is 25.3 Å². The van der Waals surface area contributed by atoms with Crippen LogP contribution in [0.2, 0.25) is 0 Å². The molecule has 0 unspecified atom stereocenters. The Bertz CT molecular complexity index is 1070. The molecule has 0 radical (unpaired) electrons. The Morgan fingerprint density at radius 2 is 1.97 bits per heavy atom. The van der Waals surface area contributed by atoms with E-state index in [0.717, 1.165) is 23.9 Å². The first-order valence-corrected chi connectivity index (χ1v) is 8.79. The molecule has 1 aliphatic heterocycles. The molecule has 0 spiro atoms. The zero-order valence-electron chi connectivity index (χ0n) is 14.8. The third-order valence-corrected chi connectivity index (χ3v) is 4.62. The largest absolute Gasteiger partial charge is 0.493 e. The quantitative estimate of drug-likeness (QED) is 0.711. The highest BCUT2D eigenvalue weighted by Gasteiger charge is 2.34. The van der Waals surface area contributed by atoms with Gasteiger partial charge in [-0.25, -0.2) is 0 Å². The molecule has 2 aromatic carbocycles. The first-order valence-electron chi connectivity index (χ1n) is 7.98. The number of nitrogens with one attached hydrogen (secondary N) is 2. The fourth-order valence-electron chi connectivity index (χ4n) is 2.50. The molecule has 0 atom stereocenters. The molecule has 1 fully saturated rings. The van der Waals surface area contributed by atoms with E-state index in [9.17, 15) is 18.0 Å². The SMILES string of the molecule is COc1cc(C=C2SC(=N)NC2=O)ccc1Oc1ccc(C#N)c(C(F)(F)F)c1. The van der Waals surface area contributed by atoms with Crippen molar-refractivity contribution < 1.29 is 27.4 Å². The fourth-order valence-corrected chi connectivity index (χ4v) is 3.20. The number of ether oxygens (including phenoxy) is 2. The van der Waals surface area contributed by atoms with Crippen molar-refractivity contribution in [3.63, 3.8) is 0 Å². The number of thioether (sulfide) groups is 1. The monoisotopic (exact) mass is 419 g/mol. The van der Waals surface area contributed by atoms with Crippen LogP contribution in [-0.2, 0) is 11.0 Å². The van der Waals surface area contributed by atoms with Crippen molar-refractivity contribution in [2.45, 2.75) is 6.18 Å². The van der Waals surface area contributed by atoms with Crippen molar-refractivity contribution in [1.29, 1.82) is 10.7 Å². The Kier molecular flexibility index (Phi) is 5.52. The number of methoxy groups -OCH3 is 1. The van der Waals surface area contributed by atoms with Gasteiger partial charge in [0.1, 0.15) is 5.75 Å². The maximum absolute atomic E-state index is 13.1. The van der Waals surface area contributed by atoms with Gasteiger partial charge in [0, 0.05) is 0 Å². The van der Waals surface area contributed by atoms with E-state index in [1.807, 2.05) is 0 Å². The van der Waals surface area contributed by atoms with E-state index in [0.29, 0.717) is 10.5 Å². The number of halogens is 3. The smallest absolute Gasteiger partial charge is 0.417 e. The molecule has 148 valence electrons. The Morgan fingerprint density at radius 1 is 1.21 bits per heavy atom. The van der Waals surface area contributed by atoms with Crippen LogP contribution in [0.15, 0.2) is 41.3 Å². The summed E-state index contributed by atoms with van der Waals surface area (Å²) >= 11 is 0.975. The topological polar surface area (TPSA) is 95.2 Å². The van der Waals surface area contributed by atoms with Crippen LogP contribution in [0.5, 0.6) is 17.2 Å². The average Bonchev–Trinajstić information content (AvgIpc) is 2.99. The highest BCUT2D eigenvalue weighted by Crippen LogP contribution is 2.38. The molecule has 0 bridgehead atoms. The minimum atomic E-state index is -4.70. The van der Waals surface area contributed by atoms with Crippen molar-refractivity contribution >= 4 is 28.9 Å². The number of hydrogen-bond donors (Lipinski definition) is 2. The number of carbonyl (C=O) groups is 1. The van der Waals surface area contributed by atoms with Crippen molar-refractivity contribution in [2.24, 2.45) is 0 Å². The first kappa shape index (κ1) is 20.3. The second kappa shape index (κ2) is 7.89. The summed E-state index contributed by atoms with van der Waals surface area (Å²) in [5.74, 6) is -0.115. The number of amidine groups is 1. The molecule has 0 saturated carbocycles. The summed E-state index contributed by atoms with van der Waals surface area (Å²) in [6, 6.07) is 9.18. The van der Waals surface area contributed by atoms with Gasteiger partial charge in [0.05, 0.1) is 29.2 Å². The number of nitrogens with zero attached hydrogens (tertiary/aromatic N) is 1. The standard InChI is InChI=1S/C19H12F3N3O3S/c1-27-15-6-10(7-16-17(26)25-18(24)29-16)2-5-14(15)28-12-4-3-11(9-23)13(8-12)19(20,21)22/h2-8H,1H3,(H2,24,25,26). The van der Waals surface area contributed by atoms with Gasteiger partial charge in [-0.3, -0.25) is 10.2 Å². The Morgan fingerprint density at radius 3 is 2.55 bits per heavy atom. The minimum Gasteiger partial charge on any atom is -0.493 e. The molecule has 2 aromatic rings. The van der Waals surface area contributed by atoms with E-state index in [2.05, 4.69) is 5.32 Å². The summed E-state index contributed by atoms with van der Waals surface area (Å²) in [6.07, 6.45) is -3.14. The summed E-state index contributed by atoms with van der Waals surface area (Å²) in [7, 11) is 1.37. The lowest BCUT2D eigenvalue weighted by molar-refractivity contribution is -0.137. The predicted octanol–water partition coefficient (Wildman–Crippen LogP) is 4.52. The molecule has 2 N–H and O–H groups in total. The summed E-state index contributed by atoms with van der Waals surface area (Å²) in [5.41, 5.74) is -1.02. The fraction of sp³-hybridized carbons (Fsp3) is 0.105. The Labute approximate surface area is 167 Å². The predicted molar refractivity (Wildman–Crippen MR) is 101 cm³/mol. The lowest BCUT2D eigenvalue weighted by Gasteiger charge is -2.14. The molecule has 1 aliphatic rings. The third kappa shape index (κ3) is 4.52. The molecular weight excluding hydrogens is 407 g/mol. The summed E-state index contributed by atoms with van der Waals surface area (Å²) in [4.78, 5) is 12.0. The molecule has 3 rings (SSSR count). The van der Waals surface area contributed by atoms with Gasteiger partial charge in [-0.2, -0.15) is 18.4 Å². The molecule has 10 heteroatoms. The van der Waals surface area contributed by atoms with Crippen LogP contribution in [-0.4, -0.2) is 18.2 Å². The number of alkyl halides is 3. The summed E-state index contributed by atoms with van der Waals surface area (Å²) < 4.78 is 50.1. The van der Waals surface area contributed by atoms with Gasteiger partial charge in [-0.05, 0) is 53.7 Å². The summed E-state index contributed by atoms with van der Waals surface area (Å²) in [5, 5.41) is 18.7. The maximum atomic E-state index is 13.1. The zero-order chi connectivity index (χ0) is 21.2. The third-order valence-electron chi connectivity index (χ3n) is 3.79. The minimum absolute atomic E-state index is 0.0226. The first-order chi connectivity index (χ1) is 13.7. The van der Waals surface area contributed by atoms with Gasteiger partial charge in [0.25, 0.3) is 5.91 Å². The van der Waals surface area contributed by atoms with Crippen molar-refractivity contribution in [3.8, 4) is 23.3 Å². The van der Waals surface area contributed by atoms with E-state index >= 15 is 0 Å². The second-order valence-corrected chi connectivity index (χ2v) is 6.78. The number of nitriles is 1. The van der Waals surface area contributed by atoms with E-state index in [4.69, 9.17) is 20.1 Å². The molecule has 0 aromatic heterocycles. The normalized spacial score (nSPS) is 15.2. The van der Waals surface area contributed by atoms with Crippen molar-refractivity contribution in [2.75, 3.05) is 7.11 Å². The average molecular weight is 419 g/mol. The van der Waals surface area contributed by atoms with Crippen molar-refractivity contribution in [1.82, 2.24) is 5.32 Å². The number of rotatable bonds is 4. The van der Waals surface area contributed by atoms with Crippen LogP contribution in [0.4, 0.5) is 13.2 Å². The Balaban J connectivity index is 1.91. The van der Waals surface area contributed by atoms with Gasteiger partial charge in [-0.1, -0.05) is 6.07 Å². The van der Waals surface area contributed by atoms with Gasteiger partial charge in [-0.15, -0.1) is 0 Å². The zero-order valence-corrected chi connectivity index (χ0v) is 15.6. The molecular formula is C19H12F3N3O3S. The number of benzene rings is 2. The van der Waals surface area contributed by atoms with Crippen LogP contribution in [0.25, 0.3) is 6.08 Å². The van der Waals surface area contributed by atoms with Crippen LogP contribution in [0.3, 0.4) is 0 Å². The van der Waals surface area contributed by atoms with E-state index in [1.54, 1.807) is 18.2 Å². The van der Waals surface area contributed by atoms with E-state index < -0.39 is 23.2 Å². The van der Waals surface area contributed by atoms with Crippen LogP contribution >= 0.6 is 11.8 Å². The maximum Gasteiger partial charge on any atom is 0.417 e. The van der Waals surface area contributed by atoms with Gasteiger partial charge >= 0.3 is 6.18 Å². The van der Waals surface area contributed by atoms with Gasteiger partial charge < -0.3 is 14.8 Å². The number of amides is 1. The molecule has 6 nitrogen and oxygen atoms in total. The molecule has 0 aliphatic carbocycles. The van der Waals surface area contributed by atoms with Crippen LogP contribution in [0, 0.1) is 16.7 Å². The molecule has 1 heterocycles. The molecule has 29 heavy (non-hydrogen) atoms. The highest BCUT2D eigenvalue weighted by molar-refractivity contribution is 8.18. The van der Waals surface area contributed by atoms with Crippen LogP contribution in [0.1, 0.15) is 16.7 Å². The molecule has 1 saturated heterocycles. The van der Waals surface area contributed by atoms with Gasteiger partial charge in [0.15, 0.2) is 16.7 Å². The lowest BCUT2D eigenvalue weighted by atomic mass is 10.1. The van der Waals surface area contributed by atoms with E-state index in [-0.39, 0.29) is 22.4 Å². The number of carbonyl (C=O) groups excluding carboxylic acids is 1. The lowest BCUT2D eigenvalue weighted by Crippen LogP contribution is -2.18. The van der Waals surface area contributed by atoms with Gasteiger partial charge in [0.2, 0.25) is 0 Å². The van der Waals surface area contributed by atoms with Crippen molar-refractivity contribution in [3.05, 3.63) is 58.0 Å². The highest BCUT2D eigenvalue weighted by atomic mass is 32.2. The Hall–Kier alpha value is -3.45. The number of hydrogen-bond acceptors (Lipinski definition) is 6. The second-order valence-electron chi connectivity index (χ2n) is 5.72.